The highest BCUT2D eigenvalue weighted by Crippen LogP contribution is 2.42. The molecule has 2 aliphatic rings. The molecule has 4 N–H and O–H groups in total. The Bertz CT molecular complexity index is 2140. The van der Waals surface area contributed by atoms with E-state index in [1.165, 1.54) is 10.5 Å². The maximum Gasteiger partial charge on any atom is 0.258 e. The largest absolute Gasteiger partial charge is 0.481 e. The maximum atomic E-state index is 13.2. The fraction of sp³-hybridized carbons (Fsp3) is 0.316. The van der Waals surface area contributed by atoms with Crippen LogP contribution in [0.15, 0.2) is 77.7 Å². The monoisotopic (exact) mass is 712 g/mol. The molecule has 0 spiro atoms. The lowest BCUT2D eigenvalue weighted by atomic mass is 9.77. The number of benzene rings is 2. The van der Waals surface area contributed by atoms with Gasteiger partial charge in [-0.05, 0) is 44.4 Å². The number of pyridine rings is 2. The number of hydrogen-bond donors (Lipinski definition) is 4. The summed E-state index contributed by atoms with van der Waals surface area (Å²) in [4.78, 5) is 34.1. The Morgan fingerprint density at radius 2 is 1.68 bits per heavy atom. The Morgan fingerprint density at radius 3 is 2.38 bits per heavy atom. The van der Waals surface area contributed by atoms with E-state index in [1.54, 1.807) is 13.3 Å². The van der Waals surface area contributed by atoms with E-state index in [0.717, 1.165) is 39.8 Å². The van der Waals surface area contributed by atoms with Crippen molar-refractivity contribution in [2.75, 3.05) is 13.7 Å². The molecule has 4 heterocycles. The van der Waals surface area contributed by atoms with Crippen LogP contribution in [0.1, 0.15) is 43.9 Å². The van der Waals surface area contributed by atoms with Gasteiger partial charge in [0.05, 0.1) is 34.1 Å². The molecule has 0 bridgehead atoms. The van der Waals surface area contributed by atoms with Crippen molar-refractivity contribution < 1.29 is 14.6 Å². The van der Waals surface area contributed by atoms with Crippen molar-refractivity contribution in [3.05, 3.63) is 105 Å². The first-order chi connectivity index (χ1) is 24.1. The fourth-order valence-corrected chi connectivity index (χ4v) is 7.50. The Labute approximate surface area is 299 Å². The van der Waals surface area contributed by atoms with Gasteiger partial charge in [0.25, 0.3) is 5.56 Å². The zero-order chi connectivity index (χ0) is 35.0. The Morgan fingerprint density at radius 1 is 0.960 bits per heavy atom. The molecule has 1 atom stereocenters. The van der Waals surface area contributed by atoms with Gasteiger partial charge in [0, 0.05) is 83.8 Å². The standard InChI is InChI=1S/C38H38Cl2N6O4/c1-38(49)16-26(17-38)42-20-25-15-34(48)46-21-23(10-13-32(46)43-25)27-5-3-6-28(35(27)39)29-7-4-8-30(36(29)40)31-12-9-22(37(45-31)50-2)18-41-19-24-11-14-33(47)44-24/h3-10,12-13,15,21,24,26,41-42,49H,11,14,16-20H2,1-2H3,(H,44,47)/t24-,26?,38?/m1/s1. The summed E-state index contributed by atoms with van der Waals surface area (Å²) >= 11 is 14.2. The predicted octanol–water partition coefficient (Wildman–Crippen LogP) is 5.78. The summed E-state index contributed by atoms with van der Waals surface area (Å²) in [6.45, 7) is 3.49. The number of carbonyl (C=O) groups is 1. The predicted molar refractivity (Wildman–Crippen MR) is 195 cm³/mol. The summed E-state index contributed by atoms with van der Waals surface area (Å²) in [5.41, 5.74) is 5.64. The third-order valence-electron chi connectivity index (χ3n) is 9.45. The van der Waals surface area contributed by atoms with E-state index < -0.39 is 5.60 Å². The van der Waals surface area contributed by atoms with Crippen LogP contribution in [-0.4, -0.2) is 56.7 Å². The van der Waals surface area contributed by atoms with E-state index in [9.17, 15) is 14.7 Å². The molecule has 2 fully saturated rings. The van der Waals surface area contributed by atoms with E-state index in [0.29, 0.717) is 71.9 Å². The normalized spacial score (nSPS) is 20.1. The molecule has 1 amide bonds. The van der Waals surface area contributed by atoms with Gasteiger partial charge in [-0.2, -0.15) is 0 Å². The quantitative estimate of drug-likeness (QED) is 0.136. The minimum Gasteiger partial charge on any atom is -0.481 e. The van der Waals surface area contributed by atoms with E-state index in [-0.39, 0.29) is 23.6 Å². The van der Waals surface area contributed by atoms with Crippen LogP contribution < -0.4 is 26.2 Å². The second kappa shape index (κ2) is 14.1. The second-order valence-corrected chi connectivity index (χ2v) is 14.1. The van der Waals surface area contributed by atoms with Crippen LogP contribution in [0.4, 0.5) is 0 Å². The second-order valence-electron chi connectivity index (χ2n) is 13.3. The molecule has 1 saturated carbocycles. The topological polar surface area (TPSA) is 130 Å². The SMILES string of the molecule is COc1nc(-c2cccc(-c3cccc(-c4ccc5nc(CNC6CC(C)(O)C6)cc(=O)n5c4)c3Cl)c2Cl)ccc1CNC[C@H]1CCC(=O)N1. The Balaban J connectivity index is 1.12. The molecule has 0 radical (unpaired) electrons. The van der Waals surface area contributed by atoms with E-state index >= 15 is 0 Å². The zero-order valence-electron chi connectivity index (χ0n) is 27.8. The molecule has 10 nitrogen and oxygen atoms in total. The van der Waals surface area contributed by atoms with Gasteiger partial charge in [-0.1, -0.05) is 65.7 Å². The lowest BCUT2D eigenvalue weighted by Crippen LogP contribution is -2.51. The zero-order valence-corrected chi connectivity index (χ0v) is 29.3. The van der Waals surface area contributed by atoms with Gasteiger partial charge in [0.1, 0.15) is 5.65 Å². The summed E-state index contributed by atoms with van der Waals surface area (Å²) in [5.74, 6) is 0.583. The van der Waals surface area contributed by atoms with Crippen LogP contribution >= 0.6 is 23.2 Å². The molecule has 2 aromatic carbocycles. The number of aromatic nitrogens is 3. The Hall–Kier alpha value is -4.32. The first-order valence-electron chi connectivity index (χ1n) is 16.7. The van der Waals surface area contributed by atoms with Gasteiger partial charge >= 0.3 is 0 Å². The highest BCUT2D eigenvalue weighted by atomic mass is 35.5. The van der Waals surface area contributed by atoms with Crippen molar-refractivity contribution in [2.45, 2.75) is 63.4 Å². The third-order valence-corrected chi connectivity index (χ3v) is 10.3. The van der Waals surface area contributed by atoms with E-state index in [2.05, 4.69) is 20.9 Å². The number of aliphatic hydroxyl groups is 1. The van der Waals surface area contributed by atoms with Crippen LogP contribution in [0, 0.1) is 0 Å². The van der Waals surface area contributed by atoms with Crippen LogP contribution in [0.3, 0.4) is 0 Å². The van der Waals surface area contributed by atoms with Gasteiger partial charge in [0.2, 0.25) is 11.8 Å². The summed E-state index contributed by atoms with van der Waals surface area (Å²) < 4.78 is 7.16. The van der Waals surface area contributed by atoms with Crippen molar-refractivity contribution in [2.24, 2.45) is 0 Å². The van der Waals surface area contributed by atoms with Crippen molar-refractivity contribution in [1.82, 2.24) is 30.3 Å². The molecule has 258 valence electrons. The van der Waals surface area contributed by atoms with E-state index in [4.69, 9.17) is 32.9 Å². The van der Waals surface area contributed by atoms with Crippen LogP contribution in [0.5, 0.6) is 5.88 Å². The van der Waals surface area contributed by atoms with E-state index in [1.807, 2.05) is 67.6 Å². The van der Waals surface area contributed by atoms with Gasteiger partial charge < -0.3 is 25.8 Å². The fourth-order valence-electron chi connectivity index (χ4n) is 6.84. The molecule has 7 rings (SSSR count). The van der Waals surface area contributed by atoms with Crippen LogP contribution in [0.2, 0.25) is 10.0 Å². The molecule has 50 heavy (non-hydrogen) atoms. The molecule has 1 aliphatic carbocycles. The van der Waals surface area contributed by atoms with Crippen molar-refractivity contribution >= 4 is 34.8 Å². The maximum absolute atomic E-state index is 13.2. The number of nitrogens with one attached hydrogen (secondary N) is 3. The van der Waals surface area contributed by atoms with Gasteiger partial charge in [0.15, 0.2) is 0 Å². The average molecular weight is 714 g/mol. The average Bonchev–Trinajstić information content (AvgIpc) is 3.51. The Kier molecular flexibility index (Phi) is 9.65. The number of halogens is 2. The highest BCUT2D eigenvalue weighted by molar-refractivity contribution is 6.39. The molecule has 5 aromatic rings. The van der Waals surface area contributed by atoms with Crippen LogP contribution in [-0.2, 0) is 17.9 Å². The lowest BCUT2D eigenvalue weighted by Gasteiger charge is -2.41. The minimum atomic E-state index is -0.620. The van der Waals surface area contributed by atoms with Crippen molar-refractivity contribution in [3.63, 3.8) is 0 Å². The molecule has 12 heteroatoms. The van der Waals surface area contributed by atoms with Crippen LogP contribution in [0.25, 0.3) is 39.2 Å². The summed E-state index contributed by atoms with van der Waals surface area (Å²) in [6, 6.07) is 21.0. The summed E-state index contributed by atoms with van der Waals surface area (Å²) in [7, 11) is 1.59. The number of amides is 1. The molecular formula is C38H38Cl2N6O4. The van der Waals surface area contributed by atoms with Gasteiger partial charge in [-0.25, -0.2) is 9.97 Å². The molecule has 3 aromatic heterocycles. The molecule has 1 aliphatic heterocycles. The molecule has 1 saturated heterocycles. The molecule has 0 unspecified atom stereocenters. The highest BCUT2D eigenvalue weighted by Gasteiger charge is 2.37. The first kappa shape index (κ1) is 34.1. The summed E-state index contributed by atoms with van der Waals surface area (Å²) in [5, 5.41) is 20.7. The number of hydrogen-bond acceptors (Lipinski definition) is 8. The van der Waals surface area contributed by atoms with Gasteiger partial charge in [-0.3, -0.25) is 14.0 Å². The number of ether oxygens (including phenoxy) is 1. The third kappa shape index (κ3) is 7.12. The number of carbonyl (C=O) groups excluding carboxylic acids is 1. The van der Waals surface area contributed by atoms with Gasteiger partial charge in [-0.15, -0.1) is 0 Å². The molecular weight excluding hydrogens is 675 g/mol. The smallest absolute Gasteiger partial charge is 0.258 e. The first-order valence-corrected chi connectivity index (χ1v) is 17.4. The number of methoxy groups -OCH3 is 1. The number of nitrogens with zero attached hydrogens (tertiary/aromatic N) is 3. The summed E-state index contributed by atoms with van der Waals surface area (Å²) in [6.07, 6.45) is 4.51. The number of rotatable bonds is 11. The van der Waals surface area contributed by atoms with Crippen molar-refractivity contribution in [1.29, 1.82) is 0 Å². The lowest BCUT2D eigenvalue weighted by molar-refractivity contribution is -0.119. The number of fused-ring (bicyclic) bond motifs is 1. The van der Waals surface area contributed by atoms with Crippen molar-refractivity contribution in [3.8, 4) is 39.4 Å². The minimum absolute atomic E-state index is 0.0930.